The van der Waals surface area contributed by atoms with Crippen molar-refractivity contribution >= 4 is 28.9 Å². The number of rotatable bonds is 7. The molecule has 1 aliphatic carbocycles. The first-order valence-corrected chi connectivity index (χ1v) is 12.8. The number of fused-ring (bicyclic) bond motifs is 1. The maximum absolute atomic E-state index is 12.6. The lowest BCUT2D eigenvalue weighted by atomic mass is 10.00. The summed E-state index contributed by atoms with van der Waals surface area (Å²) in [5, 5.41) is 12.6. The molecule has 0 unspecified atom stereocenters. The van der Waals surface area contributed by atoms with Crippen molar-refractivity contribution in [2.24, 2.45) is 5.73 Å². The van der Waals surface area contributed by atoms with Gasteiger partial charge >= 0.3 is 6.09 Å². The molecular formula is C29H29N7O3. The van der Waals surface area contributed by atoms with E-state index in [0.29, 0.717) is 29.3 Å². The fourth-order valence-electron chi connectivity index (χ4n) is 4.42. The highest BCUT2D eigenvalue weighted by Gasteiger charge is 2.27. The minimum Gasteiger partial charge on any atom is -0.444 e. The van der Waals surface area contributed by atoms with Gasteiger partial charge in [0.15, 0.2) is 0 Å². The van der Waals surface area contributed by atoms with Crippen LogP contribution >= 0.6 is 0 Å². The first-order chi connectivity index (χ1) is 18.6. The molecule has 0 spiro atoms. The molecule has 3 aromatic heterocycles. The van der Waals surface area contributed by atoms with E-state index in [4.69, 9.17) is 15.5 Å². The van der Waals surface area contributed by atoms with Crippen LogP contribution in [0.3, 0.4) is 0 Å². The summed E-state index contributed by atoms with van der Waals surface area (Å²) in [5.41, 5.74) is 10.3. The smallest absolute Gasteiger partial charge is 0.413 e. The molecule has 0 bridgehead atoms. The SMILES string of the molecule is CC(C)(C)OC(=O)Nc1nccc(C#N)c1-c1cc(C2CC2)cc(-c2ccc3c(c2)ncn3CCC(N)=O)n1. The van der Waals surface area contributed by atoms with Gasteiger partial charge in [0.05, 0.1) is 39.9 Å². The molecule has 0 atom stereocenters. The van der Waals surface area contributed by atoms with E-state index in [1.54, 1.807) is 33.2 Å². The number of anilines is 1. The van der Waals surface area contributed by atoms with Gasteiger partial charge in [-0.25, -0.2) is 19.7 Å². The molecule has 198 valence electrons. The first kappa shape index (κ1) is 25.9. The zero-order valence-corrected chi connectivity index (χ0v) is 22.1. The number of imidazole rings is 1. The van der Waals surface area contributed by atoms with Crippen LogP contribution in [0.4, 0.5) is 10.6 Å². The van der Waals surface area contributed by atoms with Crippen molar-refractivity contribution < 1.29 is 14.3 Å². The lowest BCUT2D eigenvalue weighted by Crippen LogP contribution is -2.27. The Hall–Kier alpha value is -4.78. The van der Waals surface area contributed by atoms with Gasteiger partial charge in [0.1, 0.15) is 17.5 Å². The largest absolute Gasteiger partial charge is 0.444 e. The number of nitriles is 1. The Kier molecular flexibility index (Phi) is 6.74. The molecule has 10 nitrogen and oxygen atoms in total. The van der Waals surface area contributed by atoms with E-state index in [9.17, 15) is 14.9 Å². The minimum absolute atomic E-state index is 0.207. The molecule has 0 saturated heterocycles. The summed E-state index contributed by atoms with van der Waals surface area (Å²) in [7, 11) is 0. The maximum atomic E-state index is 12.6. The summed E-state index contributed by atoms with van der Waals surface area (Å²) < 4.78 is 7.31. The number of nitrogens with one attached hydrogen (secondary N) is 1. The molecule has 39 heavy (non-hydrogen) atoms. The monoisotopic (exact) mass is 523 g/mol. The molecule has 2 amide bonds. The van der Waals surface area contributed by atoms with E-state index in [1.807, 2.05) is 28.8 Å². The molecule has 1 fully saturated rings. The Balaban J connectivity index is 1.57. The molecule has 0 aliphatic heterocycles. The van der Waals surface area contributed by atoms with Gasteiger partial charge in [0.25, 0.3) is 0 Å². The van der Waals surface area contributed by atoms with Gasteiger partial charge in [-0.05, 0) is 75.4 Å². The number of hydrogen-bond acceptors (Lipinski definition) is 7. The third-order valence-corrected chi connectivity index (χ3v) is 6.36. The average molecular weight is 524 g/mol. The number of benzene rings is 1. The zero-order chi connectivity index (χ0) is 27.7. The second-order valence-electron chi connectivity index (χ2n) is 10.6. The van der Waals surface area contributed by atoms with Gasteiger partial charge in [0, 0.05) is 24.7 Å². The summed E-state index contributed by atoms with van der Waals surface area (Å²) in [6, 6.07) is 13.7. The van der Waals surface area contributed by atoms with Crippen molar-refractivity contribution in [2.75, 3.05) is 5.32 Å². The van der Waals surface area contributed by atoms with Crippen LogP contribution in [0.15, 0.2) is 48.9 Å². The Morgan fingerprint density at radius 1 is 1.15 bits per heavy atom. The number of aryl methyl sites for hydroxylation is 1. The van der Waals surface area contributed by atoms with Crippen LogP contribution in [-0.4, -0.2) is 37.1 Å². The van der Waals surface area contributed by atoms with Crippen LogP contribution in [0.25, 0.3) is 33.5 Å². The maximum Gasteiger partial charge on any atom is 0.413 e. The fourth-order valence-corrected chi connectivity index (χ4v) is 4.42. The number of carbonyl (C=O) groups excluding carboxylic acids is 2. The number of primary amides is 1. The predicted molar refractivity (Wildman–Crippen MR) is 147 cm³/mol. The van der Waals surface area contributed by atoms with Gasteiger partial charge in [-0.15, -0.1) is 0 Å². The molecule has 0 radical (unpaired) electrons. The summed E-state index contributed by atoms with van der Waals surface area (Å²) in [5.74, 6) is 0.250. The molecule has 1 saturated carbocycles. The minimum atomic E-state index is -0.695. The molecule has 5 rings (SSSR count). The number of nitrogens with two attached hydrogens (primary N) is 1. The van der Waals surface area contributed by atoms with Crippen LogP contribution in [-0.2, 0) is 16.1 Å². The quantitative estimate of drug-likeness (QED) is 0.341. The fraction of sp³-hybridized carbons (Fsp3) is 0.310. The number of amides is 2. The Bertz CT molecular complexity index is 1620. The van der Waals surface area contributed by atoms with E-state index >= 15 is 0 Å². The number of hydrogen-bond donors (Lipinski definition) is 2. The topological polar surface area (TPSA) is 149 Å². The highest BCUT2D eigenvalue weighted by Crippen LogP contribution is 2.43. The Labute approximate surface area is 225 Å². The van der Waals surface area contributed by atoms with Crippen molar-refractivity contribution in [3.05, 3.63) is 60.0 Å². The molecule has 3 N–H and O–H groups in total. The van der Waals surface area contributed by atoms with Crippen LogP contribution in [0, 0.1) is 11.3 Å². The van der Waals surface area contributed by atoms with E-state index in [2.05, 4.69) is 27.4 Å². The van der Waals surface area contributed by atoms with E-state index in [0.717, 1.165) is 40.7 Å². The Morgan fingerprint density at radius 2 is 1.92 bits per heavy atom. The molecule has 3 heterocycles. The predicted octanol–water partition coefficient (Wildman–Crippen LogP) is 5.13. The van der Waals surface area contributed by atoms with Crippen molar-refractivity contribution in [2.45, 2.75) is 58.1 Å². The third kappa shape index (κ3) is 5.88. The van der Waals surface area contributed by atoms with E-state index in [-0.39, 0.29) is 18.1 Å². The second kappa shape index (κ2) is 10.2. The molecular weight excluding hydrogens is 494 g/mol. The molecule has 1 aliphatic rings. The third-order valence-electron chi connectivity index (χ3n) is 6.36. The molecule has 4 aromatic rings. The highest BCUT2D eigenvalue weighted by molar-refractivity contribution is 5.91. The summed E-state index contributed by atoms with van der Waals surface area (Å²) >= 11 is 0. The van der Waals surface area contributed by atoms with Gasteiger partial charge in [-0.1, -0.05) is 6.07 Å². The Morgan fingerprint density at radius 3 is 2.62 bits per heavy atom. The average Bonchev–Trinajstić information content (AvgIpc) is 3.66. The molecule has 10 heteroatoms. The van der Waals surface area contributed by atoms with Crippen molar-refractivity contribution in [1.29, 1.82) is 5.26 Å². The highest BCUT2D eigenvalue weighted by atomic mass is 16.6. The number of nitrogens with zero attached hydrogens (tertiary/aromatic N) is 5. The van der Waals surface area contributed by atoms with Crippen LogP contribution in [0.5, 0.6) is 0 Å². The van der Waals surface area contributed by atoms with Gasteiger partial charge in [0.2, 0.25) is 5.91 Å². The summed E-state index contributed by atoms with van der Waals surface area (Å²) in [6.45, 7) is 5.78. The summed E-state index contributed by atoms with van der Waals surface area (Å²) in [4.78, 5) is 37.6. The van der Waals surface area contributed by atoms with E-state index in [1.165, 1.54) is 6.20 Å². The lowest BCUT2D eigenvalue weighted by molar-refractivity contribution is -0.118. The second-order valence-corrected chi connectivity index (χ2v) is 10.6. The van der Waals surface area contributed by atoms with Gasteiger partial charge < -0.3 is 15.0 Å². The van der Waals surface area contributed by atoms with Crippen LogP contribution < -0.4 is 11.1 Å². The standard InChI is InChI=1S/C29H29N7O3/c1-29(2,3)39-28(38)35-27-26(19(15-30)8-10-32-27)23-14-20(17-4-5-17)13-21(34-23)18-6-7-24-22(12-18)33-16-36(24)11-9-25(31)37/h6-8,10,12-14,16-17H,4-5,9,11H2,1-3H3,(H2,31,37)(H,32,35,38). The normalized spacial score (nSPS) is 13.2. The van der Waals surface area contributed by atoms with Crippen molar-refractivity contribution in [3.8, 4) is 28.6 Å². The van der Waals surface area contributed by atoms with Crippen LogP contribution in [0.2, 0.25) is 0 Å². The number of carbonyl (C=O) groups is 2. The lowest BCUT2D eigenvalue weighted by Gasteiger charge is -2.20. The first-order valence-electron chi connectivity index (χ1n) is 12.8. The van der Waals surface area contributed by atoms with Gasteiger partial charge in [-0.2, -0.15) is 5.26 Å². The van der Waals surface area contributed by atoms with Crippen LogP contribution in [0.1, 0.15) is 57.1 Å². The van der Waals surface area contributed by atoms with Gasteiger partial charge in [-0.3, -0.25) is 10.1 Å². The van der Waals surface area contributed by atoms with E-state index < -0.39 is 11.7 Å². The summed E-state index contributed by atoms with van der Waals surface area (Å²) in [6.07, 6.45) is 4.89. The van der Waals surface area contributed by atoms with Crippen molar-refractivity contribution in [3.63, 3.8) is 0 Å². The molecule has 1 aromatic carbocycles. The zero-order valence-electron chi connectivity index (χ0n) is 22.1. The number of ether oxygens (including phenoxy) is 1. The number of aromatic nitrogens is 4. The number of pyridine rings is 2. The van der Waals surface area contributed by atoms with Crippen molar-refractivity contribution in [1.82, 2.24) is 19.5 Å².